The smallest absolute Gasteiger partial charge is 0.255 e. The van der Waals surface area contributed by atoms with Crippen LogP contribution in [0.15, 0.2) is 24.3 Å². The van der Waals surface area contributed by atoms with Gasteiger partial charge < -0.3 is 14.5 Å². The predicted octanol–water partition coefficient (Wildman–Crippen LogP) is 4.42. The summed E-state index contributed by atoms with van der Waals surface area (Å²) in [6.45, 7) is 2.37. The molecule has 1 aromatic carbocycles. The number of hydrogen-bond acceptors (Lipinski definition) is 4. The molecule has 2 heterocycles. The molecule has 2 aliphatic heterocycles. The van der Waals surface area contributed by atoms with Crippen LogP contribution in [0.4, 0.5) is 0 Å². The van der Waals surface area contributed by atoms with Gasteiger partial charge in [0.1, 0.15) is 5.75 Å². The first-order valence-electron chi connectivity index (χ1n) is 12.4. The first-order chi connectivity index (χ1) is 15.5. The molecule has 1 spiro atoms. The molecule has 4 bridgehead atoms. The Bertz CT molecular complexity index is 871. The number of likely N-dealkylation sites (tertiary alicyclic amines) is 1. The summed E-state index contributed by atoms with van der Waals surface area (Å²) in [5.74, 6) is 4.69. The molecule has 2 saturated heterocycles. The third-order valence-corrected chi connectivity index (χ3v) is 10.6. The average molecular weight is 455 g/mol. The highest BCUT2D eigenvalue weighted by atomic mass is 32.2. The molecule has 7 rings (SSSR count). The zero-order valence-electron chi connectivity index (χ0n) is 19.1. The van der Waals surface area contributed by atoms with E-state index >= 15 is 0 Å². The fraction of sp³-hybridized carbons (Fsp3) is 0.692. The topological polar surface area (TPSA) is 49.9 Å². The van der Waals surface area contributed by atoms with Crippen molar-refractivity contribution in [2.24, 2.45) is 23.2 Å². The molecule has 6 fully saturated rings. The number of hydrogen-bond donors (Lipinski definition) is 0. The van der Waals surface area contributed by atoms with Crippen molar-refractivity contribution in [1.29, 1.82) is 0 Å². The van der Waals surface area contributed by atoms with Crippen molar-refractivity contribution in [3.8, 4) is 5.75 Å². The van der Waals surface area contributed by atoms with Crippen molar-refractivity contribution in [2.45, 2.75) is 56.2 Å². The van der Waals surface area contributed by atoms with Crippen molar-refractivity contribution in [3.05, 3.63) is 29.8 Å². The van der Waals surface area contributed by atoms with Crippen molar-refractivity contribution >= 4 is 23.6 Å². The number of amides is 2. The summed E-state index contributed by atoms with van der Waals surface area (Å²) in [5, 5.41) is 0. The minimum atomic E-state index is -0.157. The van der Waals surface area contributed by atoms with Gasteiger partial charge in [-0.15, -0.1) is 11.8 Å². The molecule has 0 radical (unpaired) electrons. The van der Waals surface area contributed by atoms with E-state index in [2.05, 4.69) is 9.80 Å². The third kappa shape index (κ3) is 3.27. The number of rotatable bonds is 3. The van der Waals surface area contributed by atoms with Crippen LogP contribution in [0.5, 0.6) is 5.75 Å². The predicted molar refractivity (Wildman–Crippen MR) is 126 cm³/mol. The van der Waals surface area contributed by atoms with Gasteiger partial charge in [-0.05, 0) is 93.4 Å². The quantitative estimate of drug-likeness (QED) is 0.678. The van der Waals surface area contributed by atoms with Crippen LogP contribution in [0.3, 0.4) is 0 Å². The lowest BCUT2D eigenvalue weighted by molar-refractivity contribution is -0.159. The van der Waals surface area contributed by atoms with Crippen LogP contribution in [0.25, 0.3) is 0 Å². The SMILES string of the molecule is COc1ccc(C(=O)N2CCSC23CCN(C(=O)C24CC5CC(CC(C5)C2)C4)CC3)cc1. The van der Waals surface area contributed by atoms with Crippen molar-refractivity contribution < 1.29 is 14.3 Å². The van der Waals surface area contributed by atoms with E-state index in [0.29, 0.717) is 5.91 Å². The van der Waals surface area contributed by atoms with Gasteiger partial charge in [0.25, 0.3) is 5.91 Å². The summed E-state index contributed by atoms with van der Waals surface area (Å²) >= 11 is 1.92. The molecule has 4 aliphatic carbocycles. The number of thioether (sulfide) groups is 1. The molecule has 0 atom stereocenters. The number of carbonyl (C=O) groups excluding carboxylic acids is 2. The summed E-state index contributed by atoms with van der Waals surface area (Å²) in [7, 11) is 1.64. The standard InChI is InChI=1S/C26H34N2O3S/c1-31-22-4-2-21(3-5-22)23(29)28-10-11-32-26(28)6-8-27(9-7-26)24(30)25-15-18-12-19(16-25)14-20(13-18)17-25/h2-5,18-20H,6-17H2,1H3. The Morgan fingerprint density at radius 1 is 0.938 bits per heavy atom. The minimum absolute atomic E-state index is 0.0549. The molecule has 5 nitrogen and oxygen atoms in total. The summed E-state index contributed by atoms with van der Waals surface area (Å²) in [5.41, 5.74) is 0.667. The molecule has 4 saturated carbocycles. The Morgan fingerprint density at radius 3 is 2.09 bits per heavy atom. The van der Waals surface area contributed by atoms with Crippen molar-refractivity contribution in [2.75, 3.05) is 32.5 Å². The van der Waals surface area contributed by atoms with Gasteiger partial charge in [-0.2, -0.15) is 0 Å². The largest absolute Gasteiger partial charge is 0.497 e. The van der Waals surface area contributed by atoms with Gasteiger partial charge in [-0.25, -0.2) is 0 Å². The number of methoxy groups -OCH3 is 1. The molecule has 0 N–H and O–H groups in total. The number of nitrogens with zero attached hydrogens (tertiary/aromatic N) is 2. The first-order valence-corrected chi connectivity index (χ1v) is 13.4. The van der Waals surface area contributed by atoms with E-state index in [4.69, 9.17) is 4.74 Å². The Balaban J connectivity index is 1.15. The van der Waals surface area contributed by atoms with Crippen molar-refractivity contribution in [3.63, 3.8) is 0 Å². The summed E-state index contributed by atoms with van der Waals surface area (Å²) in [6, 6.07) is 7.44. The average Bonchev–Trinajstić information content (AvgIpc) is 3.20. The van der Waals surface area contributed by atoms with Crippen LogP contribution in [-0.4, -0.2) is 59.0 Å². The van der Waals surface area contributed by atoms with E-state index in [9.17, 15) is 9.59 Å². The van der Waals surface area contributed by atoms with Gasteiger partial charge in [-0.3, -0.25) is 9.59 Å². The molecule has 1 aromatic rings. The Kier molecular flexibility index (Phi) is 5.01. The van der Waals surface area contributed by atoms with E-state index in [0.717, 1.165) is 86.6 Å². The van der Waals surface area contributed by atoms with Gasteiger partial charge in [0.2, 0.25) is 5.91 Å². The lowest BCUT2D eigenvalue weighted by Gasteiger charge is -2.57. The molecule has 6 aliphatic rings. The molecule has 6 heteroatoms. The highest BCUT2D eigenvalue weighted by Crippen LogP contribution is 2.61. The van der Waals surface area contributed by atoms with E-state index < -0.39 is 0 Å². The second kappa shape index (κ2) is 7.68. The maximum Gasteiger partial charge on any atom is 0.255 e. The molecule has 0 unspecified atom stereocenters. The second-order valence-electron chi connectivity index (χ2n) is 11.0. The van der Waals surface area contributed by atoms with Gasteiger partial charge in [-0.1, -0.05) is 0 Å². The number of carbonyl (C=O) groups is 2. The second-order valence-corrected chi connectivity index (χ2v) is 12.4. The van der Waals surface area contributed by atoms with Gasteiger partial charge >= 0.3 is 0 Å². The molecule has 0 aromatic heterocycles. The van der Waals surface area contributed by atoms with Crippen LogP contribution in [-0.2, 0) is 4.79 Å². The fourth-order valence-electron chi connectivity index (χ4n) is 7.97. The Labute approximate surface area is 195 Å². The molecular formula is C26H34N2O3S. The lowest BCUT2D eigenvalue weighted by atomic mass is 9.49. The van der Waals surface area contributed by atoms with Gasteiger partial charge in [0.15, 0.2) is 0 Å². The van der Waals surface area contributed by atoms with Crippen molar-refractivity contribution in [1.82, 2.24) is 9.80 Å². The number of benzene rings is 1. The zero-order valence-corrected chi connectivity index (χ0v) is 19.9. The Hall–Kier alpha value is -1.69. The Morgan fingerprint density at radius 2 is 1.53 bits per heavy atom. The molecule has 32 heavy (non-hydrogen) atoms. The summed E-state index contributed by atoms with van der Waals surface area (Å²) in [4.78, 5) is 31.2. The molecule has 2 amide bonds. The third-order valence-electron chi connectivity index (χ3n) is 9.08. The zero-order chi connectivity index (χ0) is 21.9. The number of piperidine rings is 1. The van der Waals surface area contributed by atoms with E-state index in [-0.39, 0.29) is 16.2 Å². The normalized spacial score (nSPS) is 34.8. The van der Waals surface area contributed by atoms with Crippen LogP contribution in [0.2, 0.25) is 0 Å². The van der Waals surface area contributed by atoms with Gasteiger partial charge in [0, 0.05) is 31.0 Å². The highest BCUT2D eigenvalue weighted by molar-refractivity contribution is 8.00. The van der Waals surface area contributed by atoms with E-state index in [1.54, 1.807) is 7.11 Å². The molecular weight excluding hydrogens is 420 g/mol. The summed E-state index contributed by atoms with van der Waals surface area (Å²) in [6.07, 6.45) is 9.29. The fourth-order valence-corrected chi connectivity index (χ4v) is 9.42. The minimum Gasteiger partial charge on any atom is -0.497 e. The monoisotopic (exact) mass is 454 g/mol. The number of ether oxygens (including phenoxy) is 1. The van der Waals surface area contributed by atoms with Crippen LogP contribution in [0, 0.1) is 23.2 Å². The van der Waals surface area contributed by atoms with Crippen LogP contribution >= 0.6 is 11.8 Å². The van der Waals surface area contributed by atoms with E-state index in [1.165, 1.54) is 19.3 Å². The molecule has 172 valence electrons. The first kappa shape index (κ1) is 20.9. The maximum atomic E-state index is 13.8. The summed E-state index contributed by atoms with van der Waals surface area (Å²) < 4.78 is 5.24. The highest BCUT2D eigenvalue weighted by Gasteiger charge is 2.56. The van der Waals surface area contributed by atoms with E-state index in [1.807, 2.05) is 36.0 Å². The van der Waals surface area contributed by atoms with Crippen LogP contribution in [0.1, 0.15) is 61.7 Å². The van der Waals surface area contributed by atoms with Gasteiger partial charge in [0.05, 0.1) is 17.4 Å². The maximum absolute atomic E-state index is 13.8. The van der Waals surface area contributed by atoms with Crippen LogP contribution < -0.4 is 4.74 Å². The lowest BCUT2D eigenvalue weighted by Crippen LogP contribution is -2.58.